The van der Waals surface area contributed by atoms with Crippen LogP contribution in [-0.2, 0) is 19.4 Å². The van der Waals surface area contributed by atoms with Crippen LogP contribution < -0.4 is 4.74 Å². The van der Waals surface area contributed by atoms with E-state index in [9.17, 15) is 4.39 Å². The molecule has 0 aliphatic carbocycles. The molecule has 0 atom stereocenters. The van der Waals surface area contributed by atoms with Gasteiger partial charge in [0, 0.05) is 18.2 Å². The number of nitrogens with zero attached hydrogens (tertiary/aromatic N) is 4. The van der Waals surface area contributed by atoms with Crippen LogP contribution in [0.25, 0.3) is 11.4 Å². The fourth-order valence-electron chi connectivity index (χ4n) is 2.72. The summed E-state index contributed by atoms with van der Waals surface area (Å²) < 4.78 is 21.6. The van der Waals surface area contributed by atoms with Crippen molar-refractivity contribution >= 4 is 23.1 Å². The zero-order chi connectivity index (χ0) is 20.2. The molecule has 29 heavy (non-hydrogen) atoms. The first-order valence-corrected chi connectivity index (χ1v) is 10.9. The lowest BCUT2D eigenvalue weighted by Gasteiger charge is -2.04. The molecular weight excluding hydrogens is 407 g/mol. The number of aromatic nitrogens is 4. The van der Waals surface area contributed by atoms with E-state index >= 15 is 0 Å². The van der Waals surface area contributed by atoms with E-state index < -0.39 is 0 Å². The lowest BCUT2D eigenvalue weighted by molar-refractivity contribution is 0.305. The summed E-state index contributed by atoms with van der Waals surface area (Å²) in [7, 11) is 1.84. The molecule has 0 bridgehead atoms. The summed E-state index contributed by atoms with van der Waals surface area (Å²) in [6.07, 6.45) is 0. The molecule has 148 valence electrons. The third kappa shape index (κ3) is 4.65. The molecule has 4 rings (SSSR count). The minimum absolute atomic E-state index is 0.308. The quantitative estimate of drug-likeness (QED) is 0.378. The highest BCUT2D eigenvalue weighted by molar-refractivity contribution is 7.98. The summed E-state index contributed by atoms with van der Waals surface area (Å²) in [5.41, 5.74) is 2.60. The number of aryl methyl sites for hydroxylation is 1. The van der Waals surface area contributed by atoms with Crippen molar-refractivity contribution in [2.75, 3.05) is 0 Å². The summed E-state index contributed by atoms with van der Waals surface area (Å²) in [5.74, 6) is 1.69. The third-order valence-corrected chi connectivity index (χ3v) is 6.21. The second kappa shape index (κ2) is 8.75. The number of hydrogen-bond donors (Lipinski definition) is 0. The van der Waals surface area contributed by atoms with Crippen molar-refractivity contribution in [1.29, 1.82) is 0 Å². The molecule has 2 heterocycles. The Hall–Kier alpha value is -2.71. The predicted octanol–water partition coefficient (Wildman–Crippen LogP) is 5.26. The Morgan fingerprint density at radius 1 is 1.10 bits per heavy atom. The molecule has 0 fully saturated rings. The maximum Gasteiger partial charge on any atom is 0.191 e. The maximum atomic E-state index is 14.0. The van der Waals surface area contributed by atoms with Crippen LogP contribution in [0.5, 0.6) is 5.75 Å². The minimum atomic E-state index is -0.308. The Balaban J connectivity index is 1.36. The van der Waals surface area contributed by atoms with Gasteiger partial charge in [-0.2, -0.15) is 0 Å². The molecule has 0 saturated carbocycles. The van der Waals surface area contributed by atoms with Crippen LogP contribution in [0.4, 0.5) is 4.39 Å². The molecule has 0 N–H and O–H groups in total. The Morgan fingerprint density at radius 2 is 1.90 bits per heavy atom. The molecule has 2 aromatic carbocycles. The van der Waals surface area contributed by atoms with Gasteiger partial charge in [-0.25, -0.2) is 9.37 Å². The number of hydrogen-bond acceptors (Lipinski definition) is 6. The summed E-state index contributed by atoms with van der Waals surface area (Å²) >= 11 is 3.09. The Labute approximate surface area is 176 Å². The van der Waals surface area contributed by atoms with Gasteiger partial charge in [0.15, 0.2) is 11.0 Å². The average Bonchev–Trinajstić information content (AvgIpc) is 3.33. The van der Waals surface area contributed by atoms with Crippen molar-refractivity contribution < 1.29 is 9.13 Å². The smallest absolute Gasteiger partial charge is 0.191 e. The van der Waals surface area contributed by atoms with Crippen LogP contribution in [0.15, 0.2) is 59.1 Å². The number of benzene rings is 2. The summed E-state index contributed by atoms with van der Waals surface area (Å²) in [6.45, 7) is 2.49. The number of thioether (sulfide) groups is 1. The molecule has 4 aromatic rings. The highest BCUT2D eigenvalue weighted by Crippen LogP contribution is 2.27. The fourth-order valence-corrected chi connectivity index (χ4v) is 4.33. The minimum Gasteiger partial charge on any atom is -0.486 e. The topological polar surface area (TPSA) is 52.8 Å². The molecule has 0 saturated heterocycles. The summed E-state index contributed by atoms with van der Waals surface area (Å²) in [5, 5.41) is 12.0. The molecule has 8 heteroatoms. The zero-order valence-corrected chi connectivity index (χ0v) is 17.6. The van der Waals surface area contributed by atoms with Crippen molar-refractivity contribution in [2.24, 2.45) is 7.05 Å². The molecule has 0 aliphatic heterocycles. The normalized spacial score (nSPS) is 11.0. The Morgan fingerprint density at radius 3 is 2.69 bits per heavy atom. The van der Waals surface area contributed by atoms with Crippen LogP contribution in [0, 0.1) is 12.7 Å². The lowest BCUT2D eigenvalue weighted by Crippen LogP contribution is -1.97. The van der Waals surface area contributed by atoms with Gasteiger partial charge in [0.05, 0.1) is 11.3 Å². The van der Waals surface area contributed by atoms with Gasteiger partial charge in [-0.1, -0.05) is 41.6 Å². The van der Waals surface area contributed by atoms with E-state index in [0.717, 1.165) is 16.5 Å². The molecule has 0 spiro atoms. The van der Waals surface area contributed by atoms with Gasteiger partial charge in [-0.05, 0) is 31.2 Å². The number of rotatable bonds is 7. The van der Waals surface area contributed by atoms with E-state index in [1.807, 2.05) is 43.6 Å². The first-order chi connectivity index (χ1) is 14.1. The SMILES string of the molecule is Cc1ccc(OCc2nc(CSc3nnc(-c4ccccc4F)n3C)cs2)cc1. The largest absolute Gasteiger partial charge is 0.486 e. The van der Waals surface area contributed by atoms with Crippen molar-refractivity contribution in [3.8, 4) is 17.1 Å². The summed E-state index contributed by atoms with van der Waals surface area (Å²) in [4.78, 5) is 4.62. The van der Waals surface area contributed by atoms with E-state index in [1.54, 1.807) is 34.1 Å². The molecule has 2 aromatic heterocycles. The van der Waals surface area contributed by atoms with Gasteiger partial charge in [-0.15, -0.1) is 21.5 Å². The van der Waals surface area contributed by atoms with E-state index in [1.165, 1.54) is 23.4 Å². The van der Waals surface area contributed by atoms with Gasteiger partial charge >= 0.3 is 0 Å². The van der Waals surface area contributed by atoms with Crippen molar-refractivity contribution in [3.05, 3.63) is 76.0 Å². The molecule has 0 radical (unpaired) electrons. The van der Waals surface area contributed by atoms with E-state index in [0.29, 0.717) is 28.9 Å². The Kier molecular flexibility index (Phi) is 5.92. The monoisotopic (exact) mass is 426 g/mol. The average molecular weight is 427 g/mol. The first-order valence-electron chi connectivity index (χ1n) is 9.00. The van der Waals surface area contributed by atoms with Gasteiger partial charge in [0.2, 0.25) is 0 Å². The standard InChI is InChI=1S/C21H19FN4OS2/c1-14-7-9-16(10-8-14)27-11-19-23-15(12-28-19)13-29-21-25-24-20(26(21)2)17-5-3-4-6-18(17)22/h3-10,12H,11,13H2,1-2H3. The molecule has 5 nitrogen and oxygen atoms in total. The fraction of sp³-hybridized carbons (Fsp3) is 0.190. The number of thiazole rings is 1. The Bertz CT molecular complexity index is 1110. The van der Waals surface area contributed by atoms with Crippen molar-refractivity contribution in [3.63, 3.8) is 0 Å². The predicted molar refractivity (Wildman–Crippen MR) is 114 cm³/mol. The van der Waals surface area contributed by atoms with E-state index in [4.69, 9.17) is 4.74 Å². The van der Waals surface area contributed by atoms with Crippen molar-refractivity contribution in [1.82, 2.24) is 19.7 Å². The molecular formula is C21H19FN4OS2. The van der Waals surface area contributed by atoms with Crippen LogP contribution >= 0.6 is 23.1 Å². The van der Waals surface area contributed by atoms with Crippen LogP contribution in [0.3, 0.4) is 0 Å². The third-order valence-electron chi connectivity index (χ3n) is 4.28. The van der Waals surface area contributed by atoms with Crippen LogP contribution in [-0.4, -0.2) is 19.7 Å². The number of halogens is 1. The lowest BCUT2D eigenvalue weighted by atomic mass is 10.2. The first kappa shape index (κ1) is 19.6. The number of ether oxygens (including phenoxy) is 1. The van der Waals surface area contributed by atoms with Crippen molar-refractivity contribution in [2.45, 2.75) is 24.4 Å². The zero-order valence-electron chi connectivity index (χ0n) is 16.0. The van der Waals surface area contributed by atoms with Crippen LogP contribution in [0.1, 0.15) is 16.3 Å². The highest BCUT2D eigenvalue weighted by atomic mass is 32.2. The molecule has 0 amide bonds. The van der Waals surface area contributed by atoms with Gasteiger partial charge in [-0.3, -0.25) is 0 Å². The molecule has 0 aliphatic rings. The summed E-state index contributed by atoms with van der Waals surface area (Å²) in [6, 6.07) is 14.5. The highest BCUT2D eigenvalue weighted by Gasteiger charge is 2.15. The second-order valence-electron chi connectivity index (χ2n) is 6.47. The molecule has 0 unspecified atom stereocenters. The van der Waals surface area contributed by atoms with E-state index in [-0.39, 0.29) is 5.82 Å². The van der Waals surface area contributed by atoms with Crippen LogP contribution in [0.2, 0.25) is 0 Å². The van der Waals surface area contributed by atoms with Gasteiger partial charge < -0.3 is 9.30 Å². The van der Waals surface area contributed by atoms with Gasteiger partial charge in [0.1, 0.15) is 23.2 Å². The van der Waals surface area contributed by atoms with Gasteiger partial charge in [0.25, 0.3) is 0 Å². The second-order valence-corrected chi connectivity index (χ2v) is 8.35. The van der Waals surface area contributed by atoms with E-state index in [2.05, 4.69) is 15.2 Å². The maximum absolute atomic E-state index is 14.0.